The lowest BCUT2D eigenvalue weighted by Crippen LogP contribution is -2.40. The van der Waals surface area contributed by atoms with Crippen LogP contribution in [0.25, 0.3) is 11.4 Å². The van der Waals surface area contributed by atoms with Gasteiger partial charge in [0.25, 0.3) is 0 Å². The number of hydrogen-bond acceptors (Lipinski definition) is 5. The zero-order valence-corrected chi connectivity index (χ0v) is 19.5. The number of carbonyl (C=O) groups is 1. The SMILES string of the molecule is CC(Sc1nnc(-c2ccccc2F)n1C1CC1)C(=O)NC1CCN(Cc2ccccc2)C1. The Kier molecular flexibility index (Phi) is 6.46. The number of nitrogens with one attached hydrogen (secondary N) is 1. The first-order chi connectivity index (χ1) is 16.1. The summed E-state index contributed by atoms with van der Waals surface area (Å²) >= 11 is 1.40. The van der Waals surface area contributed by atoms with E-state index in [1.165, 1.54) is 23.4 Å². The lowest BCUT2D eigenvalue weighted by atomic mass is 10.2. The van der Waals surface area contributed by atoms with E-state index in [0.29, 0.717) is 16.5 Å². The highest BCUT2D eigenvalue weighted by Gasteiger charge is 2.33. The van der Waals surface area contributed by atoms with Crippen LogP contribution < -0.4 is 5.32 Å². The van der Waals surface area contributed by atoms with Crippen molar-refractivity contribution in [2.75, 3.05) is 13.1 Å². The highest BCUT2D eigenvalue weighted by Crippen LogP contribution is 2.42. The van der Waals surface area contributed by atoms with E-state index in [9.17, 15) is 9.18 Å². The van der Waals surface area contributed by atoms with Gasteiger partial charge in [0.2, 0.25) is 5.91 Å². The van der Waals surface area contributed by atoms with Crippen LogP contribution in [0.4, 0.5) is 4.39 Å². The molecule has 2 fully saturated rings. The van der Waals surface area contributed by atoms with Gasteiger partial charge >= 0.3 is 0 Å². The van der Waals surface area contributed by atoms with Crippen LogP contribution >= 0.6 is 11.8 Å². The maximum absolute atomic E-state index is 14.4. The minimum atomic E-state index is -0.316. The van der Waals surface area contributed by atoms with Crippen molar-refractivity contribution in [2.24, 2.45) is 0 Å². The summed E-state index contributed by atoms with van der Waals surface area (Å²) in [6.07, 6.45) is 2.99. The molecule has 6 nitrogen and oxygen atoms in total. The first-order valence-corrected chi connectivity index (χ1v) is 12.4. The van der Waals surface area contributed by atoms with E-state index in [-0.39, 0.29) is 29.1 Å². The smallest absolute Gasteiger partial charge is 0.233 e. The second kappa shape index (κ2) is 9.65. The number of amides is 1. The minimum Gasteiger partial charge on any atom is -0.351 e. The largest absolute Gasteiger partial charge is 0.351 e. The predicted molar refractivity (Wildman–Crippen MR) is 127 cm³/mol. The van der Waals surface area contributed by atoms with Crippen molar-refractivity contribution >= 4 is 17.7 Å². The number of nitrogens with zero attached hydrogens (tertiary/aromatic N) is 4. The summed E-state index contributed by atoms with van der Waals surface area (Å²) in [5.74, 6) is 0.234. The van der Waals surface area contributed by atoms with Gasteiger partial charge in [0, 0.05) is 31.7 Å². The van der Waals surface area contributed by atoms with Crippen molar-refractivity contribution in [3.63, 3.8) is 0 Å². The Labute approximate surface area is 197 Å². The Morgan fingerprint density at radius 2 is 1.88 bits per heavy atom. The fraction of sp³-hybridized carbons (Fsp3) is 0.400. The molecule has 2 aromatic carbocycles. The number of aromatic nitrogens is 3. The van der Waals surface area contributed by atoms with Crippen LogP contribution in [0.5, 0.6) is 0 Å². The number of thioether (sulfide) groups is 1. The van der Waals surface area contributed by atoms with Gasteiger partial charge in [-0.15, -0.1) is 10.2 Å². The summed E-state index contributed by atoms with van der Waals surface area (Å²) < 4.78 is 16.4. The number of hydrogen-bond donors (Lipinski definition) is 1. The van der Waals surface area contributed by atoms with Crippen LogP contribution in [0.15, 0.2) is 59.8 Å². The van der Waals surface area contributed by atoms with Crippen LogP contribution in [-0.4, -0.2) is 50.0 Å². The van der Waals surface area contributed by atoms with Gasteiger partial charge in [-0.2, -0.15) is 0 Å². The van der Waals surface area contributed by atoms with Crippen molar-refractivity contribution in [1.82, 2.24) is 25.0 Å². The Morgan fingerprint density at radius 3 is 2.64 bits per heavy atom. The van der Waals surface area contributed by atoms with Gasteiger partial charge in [-0.1, -0.05) is 54.2 Å². The molecule has 5 rings (SSSR count). The Balaban J connectivity index is 1.21. The van der Waals surface area contributed by atoms with Gasteiger partial charge in [-0.05, 0) is 43.9 Å². The third-order valence-electron chi connectivity index (χ3n) is 6.21. The van der Waals surface area contributed by atoms with Crippen molar-refractivity contribution in [3.05, 3.63) is 66.0 Å². The minimum absolute atomic E-state index is 0.00403. The van der Waals surface area contributed by atoms with E-state index in [2.05, 4.69) is 44.7 Å². The van der Waals surface area contributed by atoms with E-state index in [4.69, 9.17) is 0 Å². The second-order valence-electron chi connectivity index (χ2n) is 8.86. The number of halogens is 1. The van der Waals surface area contributed by atoms with Gasteiger partial charge < -0.3 is 5.32 Å². The molecule has 0 radical (unpaired) electrons. The summed E-state index contributed by atoms with van der Waals surface area (Å²) in [6.45, 7) is 4.63. The average Bonchev–Trinajstić information content (AvgIpc) is 3.43. The van der Waals surface area contributed by atoms with Gasteiger partial charge in [0.1, 0.15) is 5.82 Å². The fourth-order valence-electron chi connectivity index (χ4n) is 4.31. The quantitative estimate of drug-likeness (QED) is 0.503. The van der Waals surface area contributed by atoms with E-state index >= 15 is 0 Å². The second-order valence-corrected chi connectivity index (χ2v) is 10.2. The molecule has 1 N–H and O–H groups in total. The van der Waals surface area contributed by atoms with Gasteiger partial charge in [0.15, 0.2) is 11.0 Å². The van der Waals surface area contributed by atoms with Crippen molar-refractivity contribution in [3.8, 4) is 11.4 Å². The first-order valence-electron chi connectivity index (χ1n) is 11.5. The van der Waals surface area contributed by atoms with Crippen LogP contribution in [0.2, 0.25) is 0 Å². The average molecular weight is 466 g/mol. The number of rotatable bonds is 8. The monoisotopic (exact) mass is 465 g/mol. The van der Waals surface area contributed by atoms with Crippen LogP contribution in [0.1, 0.15) is 37.8 Å². The molecule has 8 heteroatoms. The van der Waals surface area contributed by atoms with Gasteiger partial charge in [-0.25, -0.2) is 4.39 Å². The third-order valence-corrected chi connectivity index (χ3v) is 7.27. The zero-order valence-electron chi connectivity index (χ0n) is 18.7. The molecular formula is C25H28FN5OS. The van der Waals surface area contributed by atoms with Crippen LogP contribution in [0, 0.1) is 5.82 Å². The standard InChI is InChI=1S/C25H28FN5OS/c1-17(24(32)27-19-13-14-30(16-19)15-18-7-3-2-4-8-18)33-25-29-28-23(31(25)20-11-12-20)21-9-5-6-10-22(21)26/h2-10,17,19-20H,11-16H2,1H3,(H,27,32). The maximum atomic E-state index is 14.4. The molecule has 0 spiro atoms. The third kappa shape index (κ3) is 5.12. The van der Waals surface area contributed by atoms with E-state index < -0.39 is 0 Å². The Morgan fingerprint density at radius 1 is 1.12 bits per heavy atom. The molecule has 1 saturated heterocycles. The number of likely N-dealkylation sites (tertiary alicyclic amines) is 1. The summed E-state index contributed by atoms with van der Waals surface area (Å²) in [6, 6.07) is 17.5. The molecule has 2 aliphatic rings. The van der Waals surface area contributed by atoms with E-state index in [1.807, 2.05) is 17.6 Å². The molecule has 1 aliphatic heterocycles. The molecule has 0 bridgehead atoms. The molecule has 33 heavy (non-hydrogen) atoms. The van der Waals surface area contributed by atoms with Gasteiger partial charge in [0.05, 0.1) is 10.8 Å². The molecule has 1 aliphatic carbocycles. The molecule has 1 aromatic heterocycles. The highest BCUT2D eigenvalue weighted by atomic mass is 32.2. The first kappa shape index (κ1) is 22.1. The van der Waals surface area contributed by atoms with E-state index in [0.717, 1.165) is 38.9 Å². The molecule has 1 saturated carbocycles. The Hall–Kier alpha value is -2.71. The zero-order chi connectivity index (χ0) is 22.8. The normalized spacial score (nSPS) is 19.5. The van der Waals surface area contributed by atoms with Crippen molar-refractivity contribution in [1.29, 1.82) is 0 Å². The lowest BCUT2D eigenvalue weighted by Gasteiger charge is -2.18. The number of carbonyl (C=O) groups excluding carboxylic acids is 1. The summed E-state index contributed by atoms with van der Waals surface area (Å²) in [7, 11) is 0. The van der Waals surface area contributed by atoms with Crippen molar-refractivity contribution in [2.45, 2.75) is 55.2 Å². The Bertz CT molecular complexity index is 1120. The lowest BCUT2D eigenvalue weighted by molar-refractivity contribution is -0.120. The van der Waals surface area contributed by atoms with Crippen LogP contribution in [0.3, 0.4) is 0 Å². The summed E-state index contributed by atoms with van der Waals surface area (Å²) in [4.78, 5) is 15.3. The fourth-order valence-corrected chi connectivity index (χ4v) is 5.24. The van der Waals surface area contributed by atoms with Crippen molar-refractivity contribution < 1.29 is 9.18 Å². The summed E-state index contributed by atoms with van der Waals surface area (Å²) in [5, 5.41) is 12.2. The molecule has 172 valence electrons. The highest BCUT2D eigenvalue weighted by molar-refractivity contribution is 8.00. The molecule has 2 atom stereocenters. The molecule has 3 aromatic rings. The number of benzene rings is 2. The van der Waals surface area contributed by atoms with Gasteiger partial charge in [-0.3, -0.25) is 14.3 Å². The summed E-state index contributed by atoms with van der Waals surface area (Å²) in [5.41, 5.74) is 1.74. The predicted octanol–water partition coefficient (Wildman–Crippen LogP) is 4.29. The molecule has 2 unspecified atom stereocenters. The maximum Gasteiger partial charge on any atom is 0.233 e. The van der Waals surface area contributed by atoms with E-state index in [1.54, 1.807) is 18.2 Å². The van der Waals surface area contributed by atoms with Crippen LogP contribution in [-0.2, 0) is 11.3 Å². The molecule has 1 amide bonds. The molecular weight excluding hydrogens is 437 g/mol. The topological polar surface area (TPSA) is 63.1 Å². The molecule has 2 heterocycles.